The average Bonchev–Trinajstić information content (AvgIpc) is 3.07. The summed E-state index contributed by atoms with van der Waals surface area (Å²) in [5.41, 5.74) is 2.60. The number of rotatable bonds is 4. The number of para-hydroxylation sites is 2. The van der Waals surface area contributed by atoms with Gasteiger partial charge >= 0.3 is 0 Å². The molecule has 41 heavy (non-hydrogen) atoms. The van der Waals surface area contributed by atoms with Crippen LogP contribution in [0.4, 0.5) is 26.1 Å². The van der Waals surface area contributed by atoms with Gasteiger partial charge in [0.15, 0.2) is 5.78 Å². The quantitative estimate of drug-likeness (QED) is 0.496. The normalized spacial score (nSPS) is 20.2. The number of carbonyl (C=O) groups excluding carboxylic acids is 2. The molecule has 8 nitrogen and oxygen atoms in total. The van der Waals surface area contributed by atoms with Crippen LogP contribution < -0.4 is 15.1 Å². The molecule has 1 fully saturated rings. The summed E-state index contributed by atoms with van der Waals surface area (Å²) >= 11 is 0. The Hall–Kier alpha value is -4.34. The second-order valence-electron chi connectivity index (χ2n) is 11.6. The molecular formula is C31H32F2N6O2. The van der Waals surface area contributed by atoms with E-state index in [2.05, 4.69) is 15.3 Å². The summed E-state index contributed by atoms with van der Waals surface area (Å²) in [5, 5.41) is 3.47. The van der Waals surface area contributed by atoms with Crippen molar-refractivity contribution in [1.29, 1.82) is 0 Å². The molecular weight excluding hydrogens is 526 g/mol. The smallest absolute Gasteiger partial charge is 0.242 e. The van der Waals surface area contributed by atoms with Gasteiger partial charge in [0.2, 0.25) is 11.9 Å². The van der Waals surface area contributed by atoms with Gasteiger partial charge in [0, 0.05) is 62.3 Å². The van der Waals surface area contributed by atoms with E-state index in [1.807, 2.05) is 47.9 Å². The Morgan fingerprint density at radius 2 is 1.66 bits per heavy atom. The number of benzene rings is 2. The SMILES string of the molecule is CC1(C)CC(=O)C2=C(C1)Nc1ccccc1N(CC(=O)N1CCN(c3ncccn3)CC1)C2c1cc(F)cc(F)c1. The van der Waals surface area contributed by atoms with Crippen LogP contribution in [0.25, 0.3) is 0 Å². The molecule has 0 spiro atoms. The van der Waals surface area contributed by atoms with Crippen molar-refractivity contribution in [2.24, 2.45) is 5.41 Å². The Morgan fingerprint density at radius 1 is 0.976 bits per heavy atom. The summed E-state index contributed by atoms with van der Waals surface area (Å²) in [6, 6.07) is 11.8. The maximum Gasteiger partial charge on any atom is 0.242 e. The third-order valence-corrected chi connectivity index (χ3v) is 7.98. The predicted octanol–water partition coefficient (Wildman–Crippen LogP) is 4.72. The lowest BCUT2D eigenvalue weighted by atomic mass is 9.73. The number of nitrogens with one attached hydrogen (secondary N) is 1. The second kappa shape index (κ2) is 10.6. The highest BCUT2D eigenvalue weighted by atomic mass is 19.1. The zero-order valence-corrected chi connectivity index (χ0v) is 23.1. The summed E-state index contributed by atoms with van der Waals surface area (Å²) in [4.78, 5) is 41.9. The van der Waals surface area contributed by atoms with Crippen molar-refractivity contribution in [2.75, 3.05) is 47.8 Å². The highest BCUT2D eigenvalue weighted by Crippen LogP contribution is 2.48. The van der Waals surface area contributed by atoms with E-state index < -0.39 is 17.7 Å². The van der Waals surface area contributed by atoms with Crippen molar-refractivity contribution in [1.82, 2.24) is 14.9 Å². The van der Waals surface area contributed by atoms with Crippen molar-refractivity contribution < 1.29 is 18.4 Å². The fourth-order valence-corrected chi connectivity index (χ4v) is 6.16. The first kappa shape index (κ1) is 26.9. The molecule has 1 amide bonds. The number of nitrogens with zero attached hydrogens (tertiary/aromatic N) is 5. The van der Waals surface area contributed by atoms with Crippen molar-refractivity contribution >= 4 is 29.0 Å². The number of carbonyl (C=O) groups is 2. The molecule has 1 atom stereocenters. The number of aromatic nitrogens is 2. The number of allylic oxidation sites excluding steroid dienone is 1. The van der Waals surface area contributed by atoms with E-state index >= 15 is 0 Å². The third kappa shape index (κ3) is 5.38. The molecule has 10 heteroatoms. The molecule has 6 rings (SSSR count). The highest BCUT2D eigenvalue weighted by Gasteiger charge is 2.42. The van der Waals surface area contributed by atoms with Gasteiger partial charge in [0.1, 0.15) is 11.6 Å². The molecule has 3 aromatic rings. The summed E-state index contributed by atoms with van der Waals surface area (Å²) in [7, 11) is 0. The Balaban J connectivity index is 1.38. The molecule has 1 unspecified atom stereocenters. The van der Waals surface area contributed by atoms with Crippen LogP contribution in [0.5, 0.6) is 0 Å². The van der Waals surface area contributed by atoms with Crippen LogP contribution in [0.1, 0.15) is 38.3 Å². The molecule has 1 saturated heterocycles. The van der Waals surface area contributed by atoms with Gasteiger partial charge in [-0.1, -0.05) is 26.0 Å². The van der Waals surface area contributed by atoms with Crippen LogP contribution in [0.2, 0.25) is 0 Å². The first-order valence-corrected chi connectivity index (χ1v) is 13.8. The first-order chi connectivity index (χ1) is 19.7. The maximum atomic E-state index is 14.6. The Morgan fingerprint density at radius 3 is 2.37 bits per heavy atom. The van der Waals surface area contributed by atoms with Crippen LogP contribution >= 0.6 is 0 Å². The van der Waals surface area contributed by atoms with Crippen molar-refractivity contribution in [3.05, 3.63) is 89.4 Å². The minimum atomic E-state index is -0.849. The number of halogens is 2. The monoisotopic (exact) mass is 558 g/mol. The Labute approximate surface area is 237 Å². The number of hydrogen-bond donors (Lipinski definition) is 1. The van der Waals surface area contributed by atoms with E-state index in [9.17, 15) is 18.4 Å². The molecule has 0 bridgehead atoms. The van der Waals surface area contributed by atoms with Crippen LogP contribution in [0.3, 0.4) is 0 Å². The molecule has 1 N–H and O–H groups in total. The summed E-state index contributed by atoms with van der Waals surface area (Å²) in [5.74, 6) is -1.08. The minimum absolute atomic E-state index is 0.0726. The van der Waals surface area contributed by atoms with Crippen LogP contribution in [-0.4, -0.2) is 59.3 Å². The zero-order chi connectivity index (χ0) is 28.7. The van der Waals surface area contributed by atoms with E-state index in [1.165, 1.54) is 12.1 Å². The van der Waals surface area contributed by atoms with Gasteiger partial charge in [0.25, 0.3) is 0 Å². The highest BCUT2D eigenvalue weighted by molar-refractivity contribution is 6.02. The average molecular weight is 559 g/mol. The number of Topliss-reactive ketones (excluding diaryl/α,β-unsaturated/α-hetero) is 1. The summed E-state index contributed by atoms with van der Waals surface area (Å²) < 4.78 is 29.2. The van der Waals surface area contributed by atoms with Gasteiger partial charge in [-0.3, -0.25) is 9.59 Å². The van der Waals surface area contributed by atoms with E-state index in [0.717, 1.165) is 17.5 Å². The number of hydrogen-bond acceptors (Lipinski definition) is 7. The molecule has 0 radical (unpaired) electrons. The van der Waals surface area contributed by atoms with Crippen LogP contribution in [-0.2, 0) is 9.59 Å². The van der Waals surface area contributed by atoms with Gasteiger partial charge in [-0.2, -0.15) is 0 Å². The standard InChI is InChI=1S/C31H32F2N6O2/c1-31(2)17-24-28(26(40)18-31)29(20-14-21(32)16-22(33)15-20)39(25-7-4-3-6-23(25)36-24)19-27(41)37-10-12-38(13-11-37)30-34-8-5-9-35-30/h3-9,14-16,29,36H,10-13,17-19H2,1-2H3. The Bertz CT molecular complexity index is 1500. The van der Waals surface area contributed by atoms with E-state index in [1.54, 1.807) is 23.4 Å². The van der Waals surface area contributed by atoms with Gasteiger partial charge in [-0.25, -0.2) is 18.7 Å². The van der Waals surface area contributed by atoms with Crippen LogP contribution in [0, 0.1) is 17.0 Å². The fraction of sp³-hybridized carbons (Fsp3) is 0.355. The van der Waals surface area contributed by atoms with Gasteiger partial charge < -0.3 is 20.0 Å². The molecule has 1 aromatic heterocycles. The van der Waals surface area contributed by atoms with Gasteiger partial charge in [-0.05, 0) is 47.7 Å². The topological polar surface area (TPSA) is 81.7 Å². The third-order valence-electron chi connectivity index (χ3n) is 7.98. The molecule has 1 aliphatic carbocycles. The number of piperazine rings is 1. The van der Waals surface area contributed by atoms with E-state index in [-0.39, 0.29) is 23.7 Å². The fourth-order valence-electron chi connectivity index (χ4n) is 6.16. The number of fused-ring (bicyclic) bond motifs is 1. The molecule has 2 aliphatic heterocycles. The van der Waals surface area contributed by atoms with Crippen LogP contribution in [0.15, 0.2) is 72.2 Å². The predicted molar refractivity (Wildman–Crippen MR) is 152 cm³/mol. The Kier molecular flexibility index (Phi) is 6.93. The van der Waals surface area contributed by atoms with Gasteiger partial charge in [0.05, 0.1) is 24.0 Å². The molecule has 2 aromatic carbocycles. The minimum Gasteiger partial charge on any atom is -0.357 e. The molecule has 3 aliphatic rings. The summed E-state index contributed by atoms with van der Waals surface area (Å²) in [6.07, 6.45) is 4.26. The lowest BCUT2D eigenvalue weighted by molar-refractivity contribution is -0.130. The second-order valence-corrected chi connectivity index (χ2v) is 11.6. The molecule has 212 valence electrons. The first-order valence-electron chi connectivity index (χ1n) is 13.8. The number of anilines is 3. The number of amides is 1. The maximum absolute atomic E-state index is 14.6. The largest absolute Gasteiger partial charge is 0.357 e. The lowest BCUT2D eigenvalue weighted by Gasteiger charge is -2.40. The number of ketones is 1. The zero-order valence-electron chi connectivity index (χ0n) is 23.1. The lowest BCUT2D eigenvalue weighted by Crippen LogP contribution is -2.52. The van der Waals surface area contributed by atoms with Crippen molar-refractivity contribution in [3.63, 3.8) is 0 Å². The molecule has 0 saturated carbocycles. The van der Waals surface area contributed by atoms with Crippen molar-refractivity contribution in [3.8, 4) is 0 Å². The van der Waals surface area contributed by atoms with E-state index in [0.29, 0.717) is 61.8 Å². The van der Waals surface area contributed by atoms with Crippen molar-refractivity contribution in [2.45, 2.75) is 32.7 Å². The summed E-state index contributed by atoms with van der Waals surface area (Å²) in [6.45, 7) is 6.11. The molecule has 3 heterocycles. The van der Waals surface area contributed by atoms with Gasteiger partial charge in [-0.15, -0.1) is 0 Å². The van der Waals surface area contributed by atoms with E-state index in [4.69, 9.17) is 0 Å².